The molecule has 5 nitrogen and oxygen atoms in total. The van der Waals surface area contributed by atoms with E-state index in [1.165, 1.54) is 0 Å². The quantitative estimate of drug-likeness (QED) is 0.542. The van der Waals surface area contributed by atoms with Gasteiger partial charge in [0.15, 0.2) is 0 Å². The molecule has 0 bridgehead atoms. The Labute approximate surface area is 91.0 Å². The molecule has 0 rings (SSSR count). The Balaban J connectivity index is 3.44. The highest BCUT2D eigenvalue weighted by Gasteiger charge is 2.04. The average Bonchev–Trinajstić information content (AvgIpc) is 2.13. The number of carbonyl (C=O) groups is 2. The van der Waals surface area contributed by atoms with Gasteiger partial charge >= 0.3 is 0 Å². The highest BCUT2D eigenvalue weighted by molar-refractivity contribution is 5.81. The van der Waals surface area contributed by atoms with Crippen LogP contribution in [-0.4, -0.2) is 37.5 Å². The average molecular weight is 215 g/mol. The van der Waals surface area contributed by atoms with E-state index >= 15 is 0 Å². The minimum Gasteiger partial charge on any atom is -0.355 e. The Kier molecular flexibility index (Phi) is 7.62. The van der Waals surface area contributed by atoms with Crippen LogP contribution >= 0.6 is 0 Å². The molecule has 0 saturated heterocycles. The van der Waals surface area contributed by atoms with Crippen LogP contribution in [0.25, 0.3) is 0 Å². The number of amides is 2. The van der Waals surface area contributed by atoms with Gasteiger partial charge in [-0.2, -0.15) is 0 Å². The molecule has 0 aliphatic rings. The van der Waals surface area contributed by atoms with Crippen molar-refractivity contribution in [3.8, 4) is 0 Å². The van der Waals surface area contributed by atoms with Crippen LogP contribution in [0.3, 0.4) is 0 Å². The number of nitrogens with one attached hydrogen (secondary N) is 3. The van der Waals surface area contributed by atoms with Crippen molar-refractivity contribution in [2.75, 3.05) is 19.6 Å². The first kappa shape index (κ1) is 13.9. The summed E-state index contributed by atoms with van der Waals surface area (Å²) in [4.78, 5) is 22.2. The predicted molar refractivity (Wildman–Crippen MR) is 59.4 cm³/mol. The van der Waals surface area contributed by atoms with E-state index in [1.807, 2.05) is 20.8 Å². The van der Waals surface area contributed by atoms with Gasteiger partial charge in [0, 0.05) is 12.6 Å². The summed E-state index contributed by atoms with van der Waals surface area (Å²) in [5.41, 5.74) is 0. The van der Waals surface area contributed by atoms with Gasteiger partial charge in [-0.25, -0.2) is 0 Å². The summed E-state index contributed by atoms with van der Waals surface area (Å²) >= 11 is 0. The van der Waals surface area contributed by atoms with E-state index in [2.05, 4.69) is 16.0 Å². The van der Waals surface area contributed by atoms with Crippen molar-refractivity contribution < 1.29 is 9.59 Å². The summed E-state index contributed by atoms with van der Waals surface area (Å²) in [5.74, 6) is -0.164. The lowest BCUT2D eigenvalue weighted by Crippen LogP contribution is -2.41. The van der Waals surface area contributed by atoms with E-state index in [4.69, 9.17) is 0 Å². The largest absolute Gasteiger partial charge is 0.355 e. The Morgan fingerprint density at radius 2 is 1.73 bits per heavy atom. The van der Waals surface area contributed by atoms with Gasteiger partial charge in [0.2, 0.25) is 11.8 Å². The highest BCUT2D eigenvalue weighted by Crippen LogP contribution is 1.76. The highest BCUT2D eigenvalue weighted by atomic mass is 16.2. The van der Waals surface area contributed by atoms with Crippen molar-refractivity contribution in [2.24, 2.45) is 0 Å². The second kappa shape index (κ2) is 8.23. The molecule has 0 spiro atoms. The zero-order valence-electron chi connectivity index (χ0n) is 9.72. The first-order valence-electron chi connectivity index (χ1n) is 5.33. The SMILES string of the molecule is CCCNC(=O)CNCC(=O)NC(C)C. The fourth-order valence-corrected chi connectivity index (χ4v) is 0.989. The molecular formula is C10H21N3O2. The molecule has 2 amide bonds. The van der Waals surface area contributed by atoms with Gasteiger partial charge in [-0.05, 0) is 20.3 Å². The van der Waals surface area contributed by atoms with Gasteiger partial charge in [-0.1, -0.05) is 6.92 Å². The van der Waals surface area contributed by atoms with E-state index in [-0.39, 0.29) is 30.9 Å². The predicted octanol–water partition coefficient (Wildman–Crippen LogP) is -0.373. The van der Waals surface area contributed by atoms with Gasteiger partial charge < -0.3 is 10.6 Å². The number of carbonyl (C=O) groups excluding carboxylic acids is 2. The molecule has 0 aliphatic carbocycles. The van der Waals surface area contributed by atoms with Crippen LogP contribution < -0.4 is 16.0 Å². The molecular weight excluding hydrogens is 194 g/mol. The molecule has 0 atom stereocenters. The zero-order valence-corrected chi connectivity index (χ0v) is 9.72. The number of hydrogen-bond donors (Lipinski definition) is 3. The molecule has 0 unspecified atom stereocenters. The van der Waals surface area contributed by atoms with E-state index in [0.29, 0.717) is 6.54 Å². The van der Waals surface area contributed by atoms with E-state index in [9.17, 15) is 9.59 Å². The normalized spacial score (nSPS) is 10.1. The number of rotatable bonds is 7. The Morgan fingerprint density at radius 3 is 2.27 bits per heavy atom. The second-order valence-electron chi connectivity index (χ2n) is 3.68. The summed E-state index contributed by atoms with van der Waals surface area (Å²) in [6.45, 7) is 6.82. The van der Waals surface area contributed by atoms with E-state index in [1.54, 1.807) is 0 Å². The van der Waals surface area contributed by atoms with Crippen LogP contribution in [0.15, 0.2) is 0 Å². The molecule has 5 heteroatoms. The van der Waals surface area contributed by atoms with Crippen LogP contribution in [0.5, 0.6) is 0 Å². The molecule has 88 valence electrons. The molecule has 0 radical (unpaired) electrons. The van der Waals surface area contributed by atoms with Crippen LogP contribution in [0.4, 0.5) is 0 Å². The summed E-state index contributed by atoms with van der Waals surface area (Å²) in [5, 5.41) is 8.22. The van der Waals surface area contributed by atoms with Gasteiger partial charge in [-0.3, -0.25) is 14.9 Å². The van der Waals surface area contributed by atoms with Gasteiger partial charge in [-0.15, -0.1) is 0 Å². The lowest BCUT2D eigenvalue weighted by Gasteiger charge is -2.09. The van der Waals surface area contributed by atoms with Crippen LogP contribution in [-0.2, 0) is 9.59 Å². The molecule has 0 aliphatic heterocycles. The molecule has 0 saturated carbocycles. The monoisotopic (exact) mass is 215 g/mol. The summed E-state index contributed by atoms with van der Waals surface area (Å²) in [6, 6.07) is 0.133. The molecule has 0 aromatic heterocycles. The fourth-order valence-electron chi connectivity index (χ4n) is 0.989. The fraction of sp³-hybridized carbons (Fsp3) is 0.800. The number of hydrogen-bond acceptors (Lipinski definition) is 3. The van der Waals surface area contributed by atoms with Crippen molar-refractivity contribution in [3.05, 3.63) is 0 Å². The standard InChI is InChI=1S/C10H21N3O2/c1-4-5-12-9(14)6-11-7-10(15)13-8(2)3/h8,11H,4-7H2,1-3H3,(H,12,14)(H,13,15). The van der Waals surface area contributed by atoms with Crippen molar-refractivity contribution >= 4 is 11.8 Å². The van der Waals surface area contributed by atoms with Crippen molar-refractivity contribution in [1.82, 2.24) is 16.0 Å². The Morgan fingerprint density at radius 1 is 1.13 bits per heavy atom. The van der Waals surface area contributed by atoms with E-state index < -0.39 is 0 Å². The Hall–Kier alpha value is -1.10. The first-order chi connectivity index (χ1) is 7.06. The van der Waals surface area contributed by atoms with Gasteiger partial charge in [0.05, 0.1) is 13.1 Å². The van der Waals surface area contributed by atoms with Crippen LogP contribution in [0.1, 0.15) is 27.2 Å². The zero-order chi connectivity index (χ0) is 11.7. The van der Waals surface area contributed by atoms with Gasteiger partial charge in [0.1, 0.15) is 0 Å². The summed E-state index contributed by atoms with van der Waals surface area (Å²) in [6.07, 6.45) is 0.916. The summed E-state index contributed by atoms with van der Waals surface area (Å²) in [7, 11) is 0. The maximum atomic E-state index is 11.1. The van der Waals surface area contributed by atoms with Crippen molar-refractivity contribution in [2.45, 2.75) is 33.2 Å². The molecule has 0 aromatic carbocycles. The smallest absolute Gasteiger partial charge is 0.234 e. The third kappa shape index (κ3) is 9.21. The second-order valence-corrected chi connectivity index (χ2v) is 3.68. The molecule has 0 fully saturated rings. The lowest BCUT2D eigenvalue weighted by atomic mass is 10.4. The molecule has 15 heavy (non-hydrogen) atoms. The van der Waals surface area contributed by atoms with E-state index in [0.717, 1.165) is 6.42 Å². The third-order valence-corrected chi connectivity index (χ3v) is 1.59. The molecule has 3 N–H and O–H groups in total. The molecule has 0 aromatic rings. The minimum absolute atomic E-state index is 0.0748. The van der Waals surface area contributed by atoms with Crippen LogP contribution in [0, 0.1) is 0 Å². The summed E-state index contributed by atoms with van der Waals surface area (Å²) < 4.78 is 0. The maximum absolute atomic E-state index is 11.1. The maximum Gasteiger partial charge on any atom is 0.234 e. The topological polar surface area (TPSA) is 70.2 Å². The van der Waals surface area contributed by atoms with Gasteiger partial charge in [0.25, 0.3) is 0 Å². The van der Waals surface area contributed by atoms with Crippen molar-refractivity contribution in [1.29, 1.82) is 0 Å². The third-order valence-electron chi connectivity index (χ3n) is 1.59. The van der Waals surface area contributed by atoms with Crippen molar-refractivity contribution in [3.63, 3.8) is 0 Å². The lowest BCUT2D eigenvalue weighted by molar-refractivity contribution is -0.121. The minimum atomic E-state index is -0.0895. The Bertz CT molecular complexity index is 205. The first-order valence-corrected chi connectivity index (χ1v) is 5.33. The van der Waals surface area contributed by atoms with Crippen LogP contribution in [0.2, 0.25) is 0 Å². The molecule has 0 heterocycles.